The minimum atomic E-state index is 0. The predicted octanol–water partition coefficient (Wildman–Crippen LogP) is 3.45. The van der Waals surface area contributed by atoms with Gasteiger partial charge < -0.3 is 10.1 Å². The van der Waals surface area contributed by atoms with Gasteiger partial charge in [0.1, 0.15) is 5.75 Å². The second-order valence-electron chi connectivity index (χ2n) is 4.44. The van der Waals surface area contributed by atoms with Crippen molar-refractivity contribution in [1.29, 1.82) is 0 Å². The molecule has 1 aromatic rings. The van der Waals surface area contributed by atoms with Crippen molar-refractivity contribution in [2.45, 2.75) is 19.8 Å². The minimum Gasteiger partial charge on any atom is -0.492 e. The van der Waals surface area contributed by atoms with Crippen LogP contribution in [0.15, 0.2) is 18.2 Å². The number of piperidine rings is 1. The third-order valence-electron chi connectivity index (χ3n) is 3.02. The summed E-state index contributed by atoms with van der Waals surface area (Å²) in [7, 11) is 0. The molecule has 0 bridgehead atoms. The maximum Gasteiger partial charge on any atom is 0.137 e. The molecule has 0 unspecified atom stereocenters. The quantitative estimate of drug-likeness (QED) is 0.913. The Morgan fingerprint density at radius 3 is 2.71 bits per heavy atom. The topological polar surface area (TPSA) is 21.3 Å². The highest BCUT2D eigenvalue weighted by atomic mass is 35.5. The van der Waals surface area contributed by atoms with Gasteiger partial charge in [0.2, 0.25) is 0 Å². The molecule has 2 rings (SSSR count). The van der Waals surface area contributed by atoms with Gasteiger partial charge in [0.05, 0.1) is 11.6 Å². The highest BCUT2D eigenvalue weighted by molar-refractivity contribution is 6.32. The van der Waals surface area contributed by atoms with Gasteiger partial charge in [-0.1, -0.05) is 17.7 Å². The van der Waals surface area contributed by atoms with Crippen molar-refractivity contribution in [3.05, 3.63) is 28.8 Å². The van der Waals surface area contributed by atoms with Crippen LogP contribution in [0.1, 0.15) is 18.4 Å². The van der Waals surface area contributed by atoms with E-state index in [1.54, 1.807) is 0 Å². The van der Waals surface area contributed by atoms with Crippen molar-refractivity contribution >= 4 is 24.0 Å². The number of hydrogen-bond donors (Lipinski definition) is 1. The molecule has 1 heterocycles. The Morgan fingerprint density at radius 1 is 1.35 bits per heavy atom. The summed E-state index contributed by atoms with van der Waals surface area (Å²) in [5.74, 6) is 1.48. The number of benzene rings is 1. The fourth-order valence-corrected chi connectivity index (χ4v) is 2.27. The molecule has 4 heteroatoms. The Bertz CT molecular complexity index is 351. The molecule has 1 aliphatic rings. The van der Waals surface area contributed by atoms with Gasteiger partial charge in [0, 0.05) is 0 Å². The van der Waals surface area contributed by atoms with E-state index < -0.39 is 0 Å². The molecule has 0 radical (unpaired) electrons. The summed E-state index contributed by atoms with van der Waals surface area (Å²) in [6.07, 6.45) is 2.40. The van der Waals surface area contributed by atoms with Crippen LogP contribution >= 0.6 is 24.0 Å². The first kappa shape index (κ1) is 14.6. The summed E-state index contributed by atoms with van der Waals surface area (Å²) in [5.41, 5.74) is 1.17. The van der Waals surface area contributed by atoms with Gasteiger partial charge in [-0.2, -0.15) is 0 Å². The van der Waals surface area contributed by atoms with Crippen molar-refractivity contribution in [1.82, 2.24) is 5.32 Å². The van der Waals surface area contributed by atoms with E-state index in [9.17, 15) is 0 Å². The molecule has 0 amide bonds. The molecule has 0 atom stereocenters. The van der Waals surface area contributed by atoms with E-state index in [2.05, 4.69) is 5.32 Å². The number of ether oxygens (including phenoxy) is 1. The number of halogens is 2. The lowest BCUT2D eigenvalue weighted by atomic mass is 9.99. The Balaban J connectivity index is 0.00000144. The fraction of sp³-hybridized carbons (Fsp3) is 0.538. The Kier molecular flexibility index (Phi) is 6.10. The van der Waals surface area contributed by atoms with Gasteiger partial charge in [-0.3, -0.25) is 0 Å². The molecule has 17 heavy (non-hydrogen) atoms. The van der Waals surface area contributed by atoms with Crippen LogP contribution in [0, 0.1) is 12.8 Å². The number of aryl methyl sites for hydroxylation is 1. The zero-order valence-corrected chi connectivity index (χ0v) is 11.6. The number of nitrogens with one attached hydrogen (secondary N) is 1. The summed E-state index contributed by atoms with van der Waals surface area (Å²) in [4.78, 5) is 0. The molecule has 0 aromatic heterocycles. The number of rotatable bonds is 3. The highest BCUT2D eigenvalue weighted by Crippen LogP contribution is 2.26. The molecule has 0 aliphatic carbocycles. The second-order valence-corrected chi connectivity index (χ2v) is 4.85. The largest absolute Gasteiger partial charge is 0.492 e. The van der Waals surface area contributed by atoms with Crippen LogP contribution in [0.4, 0.5) is 0 Å². The summed E-state index contributed by atoms with van der Waals surface area (Å²) in [5, 5.41) is 4.07. The van der Waals surface area contributed by atoms with Crippen LogP contribution in [-0.4, -0.2) is 19.7 Å². The van der Waals surface area contributed by atoms with Crippen molar-refractivity contribution in [2.24, 2.45) is 5.92 Å². The van der Waals surface area contributed by atoms with Crippen LogP contribution in [0.2, 0.25) is 5.02 Å². The maximum absolute atomic E-state index is 6.11. The SMILES string of the molecule is Cc1ccc(OCC2CCNCC2)c(Cl)c1.Cl. The van der Waals surface area contributed by atoms with E-state index in [-0.39, 0.29) is 12.4 Å². The standard InChI is InChI=1S/C13H18ClNO.ClH/c1-10-2-3-13(12(14)8-10)16-9-11-4-6-15-7-5-11;/h2-3,8,11,15H,4-7,9H2,1H3;1H. The van der Waals surface area contributed by atoms with Gasteiger partial charge in [-0.05, 0) is 56.5 Å². The Morgan fingerprint density at radius 2 is 2.06 bits per heavy atom. The second kappa shape index (κ2) is 7.10. The Hall–Kier alpha value is -0.440. The van der Waals surface area contributed by atoms with Gasteiger partial charge in [0.25, 0.3) is 0 Å². The average Bonchev–Trinajstić information content (AvgIpc) is 2.29. The third kappa shape index (κ3) is 4.38. The molecule has 1 aliphatic heterocycles. The molecule has 1 saturated heterocycles. The van der Waals surface area contributed by atoms with Gasteiger partial charge >= 0.3 is 0 Å². The van der Waals surface area contributed by atoms with Crippen molar-refractivity contribution in [2.75, 3.05) is 19.7 Å². The van der Waals surface area contributed by atoms with E-state index in [1.807, 2.05) is 25.1 Å². The minimum absolute atomic E-state index is 0. The zero-order chi connectivity index (χ0) is 11.4. The fourth-order valence-electron chi connectivity index (χ4n) is 1.98. The molecule has 2 nitrogen and oxygen atoms in total. The summed E-state index contributed by atoms with van der Waals surface area (Å²) >= 11 is 6.11. The van der Waals surface area contributed by atoms with Gasteiger partial charge in [-0.25, -0.2) is 0 Å². The highest BCUT2D eigenvalue weighted by Gasteiger charge is 2.14. The molecule has 0 saturated carbocycles. The summed E-state index contributed by atoms with van der Waals surface area (Å²) in [6, 6.07) is 5.93. The molecule has 1 N–H and O–H groups in total. The average molecular weight is 276 g/mol. The maximum atomic E-state index is 6.11. The molecule has 0 spiro atoms. The van der Waals surface area contributed by atoms with Crippen LogP contribution in [0.3, 0.4) is 0 Å². The van der Waals surface area contributed by atoms with E-state index in [1.165, 1.54) is 18.4 Å². The molecule has 1 aromatic carbocycles. The van der Waals surface area contributed by atoms with Crippen LogP contribution < -0.4 is 10.1 Å². The molecule has 96 valence electrons. The van der Waals surface area contributed by atoms with Crippen molar-refractivity contribution in [3.63, 3.8) is 0 Å². The number of hydrogen-bond acceptors (Lipinski definition) is 2. The van der Waals surface area contributed by atoms with Crippen molar-refractivity contribution in [3.8, 4) is 5.75 Å². The zero-order valence-electron chi connectivity index (χ0n) is 10.0. The Labute approximate surface area is 114 Å². The predicted molar refractivity (Wildman–Crippen MR) is 74.5 cm³/mol. The van der Waals surface area contributed by atoms with E-state index in [0.717, 1.165) is 25.4 Å². The van der Waals surface area contributed by atoms with E-state index >= 15 is 0 Å². The third-order valence-corrected chi connectivity index (χ3v) is 3.32. The normalized spacial score (nSPS) is 16.4. The van der Waals surface area contributed by atoms with E-state index in [0.29, 0.717) is 10.9 Å². The van der Waals surface area contributed by atoms with Gasteiger partial charge in [0.15, 0.2) is 0 Å². The van der Waals surface area contributed by atoms with Crippen LogP contribution in [0.5, 0.6) is 5.75 Å². The summed E-state index contributed by atoms with van der Waals surface area (Å²) in [6.45, 7) is 5.03. The lowest BCUT2D eigenvalue weighted by Gasteiger charge is -2.22. The van der Waals surface area contributed by atoms with Gasteiger partial charge in [-0.15, -0.1) is 12.4 Å². The van der Waals surface area contributed by atoms with E-state index in [4.69, 9.17) is 16.3 Å². The molecular weight excluding hydrogens is 257 g/mol. The molecular formula is C13H19Cl2NO. The first-order valence-electron chi connectivity index (χ1n) is 5.85. The van der Waals surface area contributed by atoms with Crippen molar-refractivity contribution < 1.29 is 4.74 Å². The summed E-state index contributed by atoms with van der Waals surface area (Å²) < 4.78 is 5.77. The first-order chi connectivity index (χ1) is 7.75. The monoisotopic (exact) mass is 275 g/mol. The molecule has 1 fully saturated rings. The van der Waals surface area contributed by atoms with Crippen LogP contribution in [0.25, 0.3) is 0 Å². The first-order valence-corrected chi connectivity index (χ1v) is 6.23. The lowest BCUT2D eigenvalue weighted by Crippen LogP contribution is -2.30. The smallest absolute Gasteiger partial charge is 0.137 e. The lowest BCUT2D eigenvalue weighted by molar-refractivity contribution is 0.215. The van der Waals surface area contributed by atoms with Crippen LogP contribution in [-0.2, 0) is 0 Å².